The van der Waals surface area contributed by atoms with Gasteiger partial charge in [0, 0.05) is 142 Å². The molecular formula is C86H71N9O4. The maximum Gasteiger partial charge on any atom is 0.337 e. The van der Waals surface area contributed by atoms with E-state index in [9.17, 15) is 9.59 Å². The minimum Gasteiger partial charge on any atom is -0.493 e. The van der Waals surface area contributed by atoms with Crippen LogP contribution in [0.15, 0.2) is 200 Å². The molecule has 0 fully saturated rings. The largest absolute Gasteiger partial charge is 0.493 e. The molecule has 16 bridgehead atoms. The highest BCUT2D eigenvalue weighted by atomic mass is 16.5. The van der Waals surface area contributed by atoms with Crippen LogP contribution in [0, 0.1) is 23.7 Å². The number of benzene rings is 5. The molecule has 0 spiro atoms. The topological polar surface area (TPSA) is 179 Å². The normalized spacial score (nSPS) is 14.1. The number of aromatic nitrogens is 8. The van der Waals surface area contributed by atoms with Crippen LogP contribution in [-0.2, 0) is 40.2 Å². The number of carbonyl (C=O) groups excluding carboxylic acids is 2. The third-order valence-electron chi connectivity index (χ3n) is 18.8. The fourth-order valence-corrected chi connectivity index (χ4v) is 13.5. The highest BCUT2D eigenvalue weighted by Crippen LogP contribution is 2.41. The molecule has 0 unspecified atom stereocenters. The quantitative estimate of drug-likeness (QED) is 0.0737. The van der Waals surface area contributed by atoms with Gasteiger partial charge in [0.2, 0.25) is 0 Å². The van der Waals surface area contributed by atoms with Gasteiger partial charge in [0.25, 0.3) is 5.91 Å². The summed E-state index contributed by atoms with van der Waals surface area (Å²) in [7, 11) is 3.09. The van der Waals surface area contributed by atoms with Crippen LogP contribution < -0.4 is 10.1 Å². The van der Waals surface area contributed by atoms with Crippen LogP contribution in [0.1, 0.15) is 136 Å². The van der Waals surface area contributed by atoms with Gasteiger partial charge in [-0.1, -0.05) is 138 Å². The summed E-state index contributed by atoms with van der Waals surface area (Å²) in [6, 6.07) is 66.1. The highest BCUT2D eigenvalue weighted by molar-refractivity contribution is 6.05. The number of carbonyl (C=O) groups is 2. The lowest BCUT2D eigenvalue weighted by Gasteiger charge is -2.16. The number of esters is 1. The van der Waals surface area contributed by atoms with Crippen LogP contribution in [0.4, 0.5) is 5.69 Å². The molecule has 4 aliphatic rings. The molecular weight excluding hydrogens is 1220 g/mol. The highest BCUT2D eigenvalue weighted by Gasteiger charge is 2.33. The molecule has 6 aromatic heterocycles. The van der Waals surface area contributed by atoms with Crippen molar-refractivity contribution in [2.75, 3.05) is 19.5 Å². The number of hydrogen-bond acceptors (Lipinski definition) is 8. The number of anilines is 1. The van der Waals surface area contributed by atoms with E-state index in [2.05, 4.69) is 169 Å². The zero-order valence-electron chi connectivity index (χ0n) is 56.3. The number of fused-ring (bicyclic) bond motifs is 16. The molecule has 5 aromatic carbocycles. The Balaban J connectivity index is 0.742. The van der Waals surface area contributed by atoms with Crippen molar-refractivity contribution in [3.8, 4) is 51.7 Å². The van der Waals surface area contributed by atoms with Crippen LogP contribution in [0.2, 0.25) is 0 Å². The number of nitrogens with one attached hydrogen (secondary N) is 5. The van der Waals surface area contributed by atoms with E-state index in [0.717, 1.165) is 152 Å². The fraction of sp³-hybridized carbons (Fsp3) is 0.163. The zero-order chi connectivity index (χ0) is 68.2. The van der Waals surface area contributed by atoms with E-state index in [1.165, 1.54) is 7.11 Å². The van der Waals surface area contributed by atoms with Gasteiger partial charge < -0.3 is 34.7 Å². The summed E-state index contributed by atoms with van der Waals surface area (Å²) < 4.78 is 11.4. The summed E-state index contributed by atoms with van der Waals surface area (Å²) in [5.41, 5.74) is 23.7. The van der Waals surface area contributed by atoms with Crippen LogP contribution in [0.25, 0.3) is 90.2 Å². The Bertz CT molecular complexity index is 5640. The number of nitrogens with zero attached hydrogens (tertiary/aromatic N) is 4. The van der Waals surface area contributed by atoms with Crippen molar-refractivity contribution in [3.05, 3.63) is 285 Å². The predicted octanol–water partition coefficient (Wildman–Crippen LogP) is 18.0. The van der Waals surface area contributed by atoms with Crippen LogP contribution in [0.5, 0.6) is 5.75 Å². The molecule has 0 atom stereocenters. The van der Waals surface area contributed by atoms with Crippen LogP contribution in [-0.4, -0.2) is 66.0 Å². The number of hydrogen-bond donors (Lipinski definition) is 5. The van der Waals surface area contributed by atoms with Gasteiger partial charge in [-0.15, -0.1) is 0 Å². The van der Waals surface area contributed by atoms with Gasteiger partial charge in [-0.05, 0) is 162 Å². The maximum absolute atomic E-state index is 14.0. The molecule has 0 aliphatic carbocycles. The Kier molecular flexibility index (Phi) is 16.1. The molecule has 4 aliphatic heterocycles. The third kappa shape index (κ3) is 13.0. The summed E-state index contributed by atoms with van der Waals surface area (Å²) in [4.78, 5) is 62.4. The van der Waals surface area contributed by atoms with Crippen molar-refractivity contribution >= 4 is 85.5 Å². The molecule has 0 saturated heterocycles. The molecule has 0 radical (unpaired) electrons. The Hall–Kier alpha value is -12.3. The number of H-pyrrole nitrogens is 4. The maximum atomic E-state index is 14.0. The number of allylic oxidation sites excluding steroid dienone is 1. The minimum atomic E-state index is -0.413. The number of amides is 1. The van der Waals surface area contributed by atoms with E-state index in [-0.39, 0.29) is 22.2 Å². The first kappa shape index (κ1) is 62.8. The standard InChI is InChI=1S/C86H71N9O4/c1-84(2)50-69-44-73-70(48-74(94-73)79(56-27-29-58(30-28-56)83(97)99-8)71-38-37-64(88-71)42-63-35-36-65(87-63)45-76(84)91-69)55-31-33-62(34-32-55)93-82(96)57-23-19-53(20-24-57)22-26-60-40-66-46-78-86(5,6)51-75(95-78)81(98-7)80-61(39-59(54-17-13-10-14-18-54)25-21-52-15-11-9-12-16-52)41-67(92-80)47-77-85(3,4)49-68(90-77)43-72(60)89-66/h9-20,23-24,27-48,87,89,92,94H,49-51H2,1-8H3,(H,93,96)/b59-39+,63-42?,64-42?,65-45?,66-46?,67-47?,68-43?,69-44?,72-43?,73-44?,76-45?,77-47?,78-46?,79-71?,79-74?,81-75?,81-80?. The van der Waals surface area contributed by atoms with Gasteiger partial charge >= 0.3 is 5.97 Å². The van der Waals surface area contributed by atoms with Crippen LogP contribution in [0.3, 0.4) is 0 Å². The first-order chi connectivity index (χ1) is 47.8. The van der Waals surface area contributed by atoms with Crippen molar-refractivity contribution in [2.24, 2.45) is 0 Å². The first-order valence-corrected chi connectivity index (χ1v) is 33.2. The van der Waals surface area contributed by atoms with Gasteiger partial charge in [-0.2, -0.15) is 0 Å². The summed E-state index contributed by atoms with van der Waals surface area (Å²) in [5, 5.41) is 3.12. The second kappa shape index (κ2) is 25.3. The fourth-order valence-electron chi connectivity index (χ4n) is 13.5. The average Bonchev–Trinajstić information content (AvgIpc) is 1.63. The van der Waals surface area contributed by atoms with E-state index in [1.54, 1.807) is 31.4 Å². The average molecular weight is 1290 g/mol. The van der Waals surface area contributed by atoms with Gasteiger partial charge in [-0.3, -0.25) is 19.7 Å². The van der Waals surface area contributed by atoms with E-state index in [0.29, 0.717) is 35.4 Å². The lowest BCUT2D eigenvalue weighted by molar-refractivity contribution is 0.0600. The minimum absolute atomic E-state index is 0.218. The number of ether oxygens (including phenoxy) is 2. The molecule has 10 heterocycles. The molecule has 99 heavy (non-hydrogen) atoms. The molecule has 15 rings (SSSR count). The van der Waals surface area contributed by atoms with Crippen molar-refractivity contribution in [1.29, 1.82) is 0 Å². The number of aromatic amines is 4. The summed E-state index contributed by atoms with van der Waals surface area (Å²) in [6.07, 6.45) is 8.25. The van der Waals surface area contributed by atoms with E-state index in [1.807, 2.05) is 115 Å². The molecule has 13 nitrogen and oxygen atoms in total. The van der Waals surface area contributed by atoms with Crippen molar-refractivity contribution < 1.29 is 19.1 Å². The van der Waals surface area contributed by atoms with Crippen molar-refractivity contribution in [2.45, 2.75) is 77.0 Å². The molecule has 484 valence electrons. The van der Waals surface area contributed by atoms with E-state index < -0.39 is 5.97 Å². The molecule has 0 saturated carbocycles. The summed E-state index contributed by atoms with van der Waals surface area (Å²) in [5.74, 6) is 13.8. The van der Waals surface area contributed by atoms with Gasteiger partial charge in [-0.25, -0.2) is 9.78 Å². The van der Waals surface area contributed by atoms with Gasteiger partial charge in [0.05, 0.1) is 53.5 Å². The second-order valence-corrected chi connectivity index (χ2v) is 27.6. The van der Waals surface area contributed by atoms with E-state index in [4.69, 9.17) is 29.4 Å². The van der Waals surface area contributed by atoms with Gasteiger partial charge in [0.1, 0.15) is 0 Å². The Morgan fingerprint density at radius 1 is 0.505 bits per heavy atom. The lowest BCUT2D eigenvalue weighted by atomic mass is 9.87. The van der Waals surface area contributed by atoms with Gasteiger partial charge in [0.15, 0.2) is 5.75 Å². The molecule has 1 amide bonds. The molecule has 13 heteroatoms. The third-order valence-corrected chi connectivity index (χ3v) is 18.8. The Morgan fingerprint density at radius 2 is 1.12 bits per heavy atom. The SMILES string of the molecule is COC(=O)c1ccc(-c2c3nc(cc4ccc(cc5nc(cc6[nH]c2cc6-c2ccc(NC(=O)c6ccc(C#Cc7cc8cc9nc(c(OC)c%10[nH]c(cc%11nc(cc7[nH]8)CC%11(C)C)cc%10/C=C(\C#Cc7ccccc7)c7ccccc7)CC9(C)C)cc6)cc2)CC5(C)C)[nH]4)C=C3)cc1. The number of rotatable bonds is 8. The summed E-state index contributed by atoms with van der Waals surface area (Å²) in [6.45, 7) is 13.3. The smallest absolute Gasteiger partial charge is 0.337 e. The predicted molar refractivity (Wildman–Crippen MR) is 398 cm³/mol. The second-order valence-electron chi connectivity index (χ2n) is 27.6. The van der Waals surface area contributed by atoms with Crippen molar-refractivity contribution in [3.63, 3.8) is 0 Å². The number of methoxy groups -OCH3 is 2. The lowest BCUT2D eigenvalue weighted by Crippen LogP contribution is -2.15. The zero-order valence-corrected chi connectivity index (χ0v) is 56.3. The Labute approximate surface area is 574 Å². The van der Waals surface area contributed by atoms with Crippen LogP contribution >= 0.6 is 0 Å². The monoisotopic (exact) mass is 1290 g/mol. The summed E-state index contributed by atoms with van der Waals surface area (Å²) >= 11 is 0. The van der Waals surface area contributed by atoms with E-state index >= 15 is 0 Å². The van der Waals surface area contributed by atoms with Crippen molar-refractivity contribution in [1.82, 2.24) is 39.9 Å². The molecule has 11 aromatic rings. The molecule has 5 N–H and O–H groups in total. The Morgan fingerprint density at radius 3 is 1.82 bits per heavy atom. The first-order valence-electron chi connectivity index (χ1n) is 33.2.